The number of rotatable bonds is 0. The number of pyridine rings is 1. The van der Waals surface area contributed by atoms with E-state index in [9.17, 15) is 0 Å². The number of nitrogens with zero attached hydrogens (tertiary/aromatic N) is 1. The minimum atomic E-state index is 0. The molecule has 0 saturated heterocycles. The Balaban J connectivity index is 0.00000121. The van der Waals surface area contributed by atoms with Gasteiger partial charge in [0.15, 0.2) is 0 Å². The summed E-state index contributed by atoms with van der Waals surface area (Å²) in [7, 11) is 0. The number of hydrogen-bond donors (Lipinski definition) is 0. The molecule has 0 aliphatic heterocycles. The quantitative estimate of drug-likeness (QED) is 0.574. The molecule has 0 saturated carbocycles. The molecule has 0 aliphatic rings. The third-order valence-corrected chi connectivity index (χ3v) is 1.50. The summed E-state index contributed by atoms with van der Waals surface area (Å²) in [6.07, 6.45) is 1.69. The molecule has 1 aromatic rings. The maximum atomic E-state index is 6.78. The van der Waals surface area contributed by atoms with E-state index < -0.39 is 0 Å². The molecule has 0 aromatic carbocycles. The molecular weight excluding hydrogens is 431 g/mol. The zero-order chi connectivity index (χ0) is 8.10. The van der Waals surface area contributed by atoms with Crippen molar-refractivity contribution in [2.24, 2.45) is 0 Å². The molecule has 0 bridgehead atoms. The topological polar surface area (TPSA) is 36.7 Å². The van der Waals surface area contributed by atoms with Crippen molar-refractivity contribution in [2.45, 2.75) is 0 Å². The average molecular weight is 437 g/mol. The van der Waals surface area contributed by atoms with Crippen molar-refractivity contribution in [3.63, 3.8) is 0 Å². The van der Waals surface area contributed by atoms with Gasteiger partial charge in [0, 0.05) is 54.7 Å². The standard InChI is InChI=1S/C8H6BrN2.Ac/c9-7-3-4-8(11-6-7)2-1-5-10;/h3-4,6,10H,5H2;/q-1;. The minimum absolute atomic E-state index is 0. The molecule has 0 aliphatic carbocycles. The summed E-state index contributed by atoms with van der Waals surface area (Å²) < 4.78 is 0.939. The normalized spacial score (nSPS) is 7.83. The molecule has 0 atom stereocenters. The Morgan fingerprint density at radius 3 is 2.75 bits per heavy atom. The summed E-state index contributed by atoms with van der Waals surface area (Å²) in [6.45, 7) is 0.123. The van der Waals surface area contributed by atoms with Gasteiger partial charge in [-0.25, -0.2) is 4.98 Å². The van der Waals surface area contributed by atoms with E-state index in [1.165, 1.54) is 0 Å². The zero-order valence-electron chi connectivity index (χ0n) is 6.34. The van der Waals surface area contributed by atoms with Gasteiger partial charge in [-0.2, -0.15) is 0 Å². The van der Waals surface area contributed by atoms with E-state index in [0.717, 1.165) is 4.47 Å². The fourth-order valence-electron chi connectivity index (χ4n) is 0.585. The molecule has 12 heavy (non-hydrogen) atoms. The van der Waals surface area contributed by atoms with Crippen molar-refractivity contribution in [1.82, 2.24) is 4.98 Å². The fourth-order valence-corrected chi connectivity index (χ4v) is 0.819. The van der Waals surface area contributed by atoms with Gasteiger partial charge in [-0.05, 0) is 34.0 Å². The molecule has 1 N–H and O–H groups in total. The molecule has 1 rings (SSSR count). The third-order valence-electron chi connectivity index (χ3n) is 1.03. The molecule has 1 radical (unpaired) electrons. The van der Waals surface area contributed by atoms with Crippen LogP contribution < -0.4 is 0 Å². The number of aromatic nitrogens is 1. The van der Waals surface area contributed by atoms with Gasteiger partial charge in [-0.1, -0.05) is 6.54 Å². The maximum absolute atomic E-state index is 6.78. The first-order valence-corrected chi connectivity index (χ1v) is 3.87. The monoisotopic (exact) mass is 436 g/mol. The number of halogens is 1. The van der Waals surface area contributed by atoms with Crippen LogP contribution in [0.2, 0.25) is 0 Å². The van der Waals surface area contributed by atoms with Crippen LogP contribution in [-0.2, 0) is 0 Å². The Kier molecular flexibility index (Phi) is 7.39. The van der Waals surface area contributed by atoms with E-state index in [2.05, 4.69) is 32.8 Å². The third kappa shape index (κ3) is 4.58. The molecule has 0 spiro atoms. The van der Waals surface area contributed by atoms with Crippen LogP contribution >= 0.6 is 15.9 Å². The van der Waals surface area contributed by atoms with Gasteiger partial charge in [-0.15, -0.1) is 5.92 Å². The fraction of sp³-hybridized carbons (Fsp3) is 0.125. The minimum Gasteiger partial charge on any atom is -0.667 e. The van der Waals surface area contributed by atoms with Crippen molar-refractivity contribution < 1.29 is 44.1 Å². The first kappa shape index (κ1) is 12.6. The van der Waals surface area contributed by atoms with Gasteiger partial charge in [0.2, 0.25) is 0 Å². The average Bonchev–Trinajstić information content (AvgIpc) is 2.04. The van der Waals surface area contributed by atoms with Gasteiger partial charge in [0.05, 0.1) is 0 Å². The second-order valence-electron chi connectivity index (χ2n) is 1.84. The first-order valence-electron chi connectivity index (χ1n) is 3.08. The van der Waals surface area contributed by atoms with Crippen LogP contribution in [0, 0.1) is 55.9 Å². The van der Waals surface area contributed by atoms with Crippen LogP contribution in [0.25, 0.3) is 5.73 Å². The predicted molar refractivity (Wildman–Crippen MR) is 48.0 cm³/mol. The van der Waals surface area contributed by atoms with Gasteiger partial charge in [0.1, 0.15) is 5.69 Å². The molecule has 1 aromatic heterocycles. The number of nitrogens with one attached hydrogen (secondary N) is 1. The molecular formula is C8H6AcBrN2-. The van der Waals surface area contributed by atoms with E-state index in [0.29, 0.717) is 5.69 Å². The van der Waals surface area contributed by atoms with Crippen molar-refractivity contribution >= 4 is 15.9 Å². The summed E-state index contributed by atoms with van der Waals surface area (Å²) in [5.41, 5.74) is 7.49. The van der Waals surface area contributed by atoms with E-state index in [1.54, 1.807) is 6.20 Å². The van der Waals surface area contributed by atoms with Gasteiger partial charge >= 0.3 is 0 Å². The molecule has 2 nitrogen and oxygen atoms in total. The molecule has 1 heterocycles. The number of hydrogen-bond acceptors (Lipinski definition) is 1. The first-order chi connectivity index (χ1) is 5.33. The summed E-state index contributed by atoms with van der Waals surface area (Å²) in [5.74, 6) is 5.37. The SMILES string of the molecule is [Ac].[NH-]CC#Cc1ccc(Br)cn1. The molecule has 0 fully saturated rings. The van der Waals surface area contributed by atoms with Crippen molar-refractivity contribution in [1.29, 1.82) is 0 Å². The van der Waals surface area contributed by atoms with Gasteiger partial charge < -0.3 is 5.73 Å². The zero-order valence-corrected chi connectivity index (χ0v) is 12.7. The van der Waals surface area contributed by atoms with E-state index >= 15 is 0 Å². The summed E-state index contributed by atoms with van der Waals surface area (Å²) in [5, 5.41) is 0. The summed E-state index contributed by atoms with van der Waals surface area (Å²) >= 11 is 3.27. The Morgan fingerprint density at radius 2 is 2.25 bits per heavy atom. The van der Waals surface area contributed by atoms with Crippen molar-refractivity contribution in [3.8, 4) is 11.8 Å². The van der Waals surface area contributed by atoms with Crippen LogP contribution in [0.5, 0.6) is 0 Å². The second-order valence-corrected chi connectivity index (χ2v) is 2.76. The largest absolute Gasteiger partial charge is 0.667 e. The van der Waals surface area contributed by atoms with Crippen LogP contribution in [0.15, 0.2) is 22.8 Å². The van der Waals surface area contributed by atoms with Crippen LogP contribution in [0.4, 0.5) is 0 Å². The second kappa shape index (κ2) is 7.04. The van der Waals surface area contributed by atoms with Crippen molar-refractivity contribution in [3.05, 3.63) is 34.2 Å². The Morgan fingerprint density at radius 1 is 1.50 bits per heavy atom. The molecule has 0 amide bonds. The Hall–Kier alpha value is 0.592. The smallest absolute Gasteiger partial charge is 0.113 e. The van der Waals surface area contributed by atoms with E-state index in [-0.39, 0.29) is 50.6 Å². The van der Waals surface area contributed by atoms with E-state index in [1.807, 2.05) is 12.1 Å². The predicted octanol–water partition coefficient (Wildman–Crippen LogP) is 2.25. The van der Waals surface area contributed by atoms with Gasteiger partial charge in [0.25, 0.3) is 0 Å². The van der Waals surface area contributed by atoms with Gasteiger partial charge in [-0.3, -0.25) is 0 Å². The Bertz CT molecular complexity index is 286. The van der Waals surface area contributed by atoms with Crippen molar-refractivity contribution in [2.75, 3.05) is 6.54 Å². The van der Waals surface area contributed by atoms with E-state index in [4.69, 9.17) is 5.73 Å². The molecule has 59 valence electrons. The van der Waals surface area contributed by atoms with Crippen LogP contribution in [0.1, 0.15) is 5.69 Å². The summed E-state index contributed by atoms with van der Waals surface area (Å²) in [4.78, 5) is 4.01. The van der Waals surface area contributed by atoms with Crippen LogP contribution in [0.3, 0.4) is 0 Å². The van der Waals surface area contributed by atoms with Crippen LogP contribution in [-0.4, -0.2) is 11.5 Å². The molecule has 0 unspecified atom stereocenters. The molecule has 4 heteroatoms. The maximum Gasteiger partial charge on any atom is 0.113 e. The summed E-state index contributed by atoms with van der Waals surface area (Å²) in [6, 6.07) is 3.69. The Labute approximate surface area is 116 Å².